The van der Waals surface area contributed by atoms with Crippen LogP contribution in [0.3, 0.4) is 0 Å². The fourth-order valence-electron chi connectivity index (χ4n) is 1.59. The number of nitriles is 1. The highest BCUT2D eigenvalue weighted by Crippen LogP contribution is 2.36. The topological polar surface area (TPSA) is 45.9 Å². The molecule has 0 unspecified atom stereocenters. The molecule has 0 amide bonds. The van der Waals surface area contributed by atoms with Gasteiger partial charge >= 0.3 is 6.18 Å². The Balaban J connectivity index is 2.27. The molecule has 2 rings (SSSR count). The van der Waals surface area contributed by atoms with Gasteiger partial charge in [-0.15, -0.1) is 0 Å². The van der Waals surface area contributed by atoms with Crippen molar-refractivity contribution in [3.8, 4) is 11.8 Å². The molecule has 0 N–H and O–H groups in total. The lowest BCUT2D eigenvalue weighted by Gasteiger charge is -2.14. The van der Waals surface area contributed by atoms with Crippen LogP contribution in [0.15, 0.2) is 42.7 Å². The van der Waals surface area contributed by atoms with Gasteiger partial charge in [0.15, 0.2) is 0 Å². The number of alkyl halides is 3. The monoisotopic (exact) mass is 278 g/mol. The van der Waals surface area contributed by atoms with Crippen molar-refractivity contribution in [2.45, 2.75) is 12.8 Å². The molecule has 20 heavy (non-hydrogen) atoms. The third-order valence-electron chi connectivity index (χ3n) is 2.56. The Kier molecular flexibility index (Phi) is 3.89. The summed E-state index contributed by atoms with van der Waals surface area (Å²) < 4.78 is 43.7. The van der Waals surface area contributed by atoms with Crippen molar-refractivity contribution in [3.63, 3.8) is 0 Å². The Labute approximate surface area is 113 Å². The molecule has 0 aliphatic carbocycles. The Morgan fingerprint density at radius 1 is 1.15 bits per heavy atom. The third-order valence-corrected chi connectivity index (χ3v) is 2.56. The zero-order valence-electron chi connectivity index (χ0n) is 10.2. The summed E-state index contributed by atoms with van der Waals surface area (Å²) in [7, 11) is 0. The van der Waals surface area contributed by atoms with Crippen molar-refractivity contribution in [3.05, 3.63) is 59.4 Å². The Morgan fingerprint density at radius 3 is 2.45 bits per heavy atom. The van der Waals surface area contributed by atoms with Gasteiger partial charge in [0, 0.05) is 12.4 Å². The van der Waals surface area contributed by atoms with Gasteiger partial charge in [-0.05, 0) is 35.9 Å². The molecule has 0 atom stereocenters. The van der Waals surface area contributed by atoms with Crippen molar-refractivity contribution < 1.29 is 17.9 Å². The molecular formula is C14H9F3N2O. The smallest absolute Gasteiger partial charge is 0.419 e. The molecule has 0 saturated heterocycles. The second-order valence-corrected chi connectivity index (χ2v) is 3.96. The Hall–Kier alpha value is -2.55. The van der Waals surface area contributed by atoms with Gasteiger partial charge in [0.05, 0.1) is 17.2 Å². The predicted octanol–water partition coefficient (Wildman–Crippen LogP) is 3.55. The first-order chi connectivity index (χ1) is 9.50. The Bertz CT molecular complexity index is 633. The van der Waals surface area contributed by atoms with Gasteiger partial charge < -0.3 is 4.74 Å². The lowest BCUT2D eigenvalue weighted by molar-refractivity contribution is -0.139. The van der Waals surface area contributed by atoms with E-state index in [2.05, 4.69) is 4.98 Å². The molecule has 1 aromatic heterocycles. The van der Waals surface area contributed by atoms with Crippen LogP contribution in [-0.2, 0) is 12.8 Å². The molecule has 0 radical (unpaired) electrons. The van der Waals surface area contributed by atoms with E-state index in [-0.39, 0.29) is 17.9 Å². The van der Waals surface area contributed by atoms with Crippen molar-refractivity contribution in [1.82, 2.24) is 4.98 Å². The average Bonchev–Trinajstić information content (AvgIpc) is 2.45. The molecule has 3 nitrogen and oxygen atoms in total. The Morgan fingerprint density at radius 2 is 1.85 bits per heavy atom. The van der Waals surface area contributed by atoms with E-state index >= 15 is 0 Å². The summed E-state index contributed by atoms with van der Waals surface area (Å²) in [6, 6.07) is 8.12. The second kappa shape index (κ2) is 5.61. The van der Waals surface area contributed by atoms with Crippen LogP contribution in [0.1, 0.15) is 16.7 Å². The SMILES string of the molecule is N#Cc1ccc(C(F)(F)F)c(OCc2ccncc2)c1. The molecule has 0 fully saturated rings. The minimum atomic E-state index is -4.53. The molecule has 0 bridgehead atoms. The van der Waals surface area contributed by atoms with Gasteiger partial charge in [-0.2, -0.15) is 18.4 Å². The quantitative estimate of drug-likeness (QED) is 0.862. The molecular weight excluding hydrogens is 269 g/mol. The van der Waals surface area contributed by atoms with E-state index in [1.54, 1.807) is 18.2 Å². The molecule has 1 heterocycles. The number of hydrogen-bond acceptors (Lipinski definition) is 3. The summed E-state index contributed by atoms with van der Waals surface area (Å²) in [6.07, 6.45) is -1.48. The normalized spacial score (nSPS) is 10.9. The van der Waals surface area contributed by atoms with Crippen LogP contribution in [0.2, 0.25) is 0 Å². The van der Waals surface area contributed by atoms with E-state index in [9.17, 15) is 13.2 Å². The number of pyridine rings is 1. The van der Waals surface area contributed by atoms with E-state index in [0.29, 0.717) is 5.56 Å². The number of ether oxygens (including phenoxy) is 1. The zero-order chi connectivity index (χ0) is 14.6. The van der Waals surface area contributed by atoms with Crippen molar-refractivity contribution in [1.29, 1.82) is 5.26 Å². The highest BCUT2D eigenvalue weighted by Gasteiger charge is 2.34. The number of nitrogens with zero attached hydrogens (tertiary/aromatic N) is 2. The first-order valence-electron chi connectivity index (χ1n) is 5.64. The fourth-order valence-corrected chi connectivity index (χ4v) is 1.59. The minimum absolute atomic E-state index is 0.0273. The van der Waals surface area contributed by atoms with Crippen molar-refractivity contribution >= 4 is 0 Å². The first kappa shape index (κ1) is 13.9. The van der Waals surface area contributed by atoms with Crippen LogP contribution in [0, 0.1) is 11.3 Å². The first-order valence-corrected chi connectivity index (χ1v) is 5.64. The van der Waals surface area contributed by atoms with Crippen LogP contribution in [0.25, 0.3) is 0 Å². The van der Waals surface area contributed by atoms with Gasteiger partial charge in [0.2, 0.25) is 0 Å². The molecule has 1 aromatic carbocycles. The summed E-state index contributed by atoms with van der Waals surface area (Å²) in [5, 5.41) is 8.75. The van der Waals surface area contributed by atoms with Crippen LogP contribution < -0.4 is 4.74 Å². The number of benzene rings is 1. The lowest BCUT2D eigenvalue weighted by atomic mass is 10.1. The predicted molar refractivity (Wildman–Crippen MR) is 64.7 cm³/mol. The average molecular weight is 278 g/mol. The van der Waals surface area contributed by atoms with E-state index in [1.807, 2.05) is 0 Å². The standard InChI is InChI=1S/C14H9F3N2O/c15-14(16,17)12-2-1-11(8-18)7-13(12)20-9-10-3-5-19-6-4-10/h1-7H,9H2. The molecule has 0 saturated carbocycles. The van der Waals surface area contributed by atoms with Crippen LogP contribution in [0.5, 0.6) is 5.75 Å². The van der Waals surface area contributed by atoms with E-state index in [4.69, 9.17) is 10.00 Å². The van der Waals surface area contributed by atoms with Gasteiger partial charge in [-0.1, -0.05) is 0 Å². The second-order valence-electron chi connectivity index (χ2n) is 3.96. The number of halogens is 3. The van der Waals surface area contributed by atoms with Gasteiger partial charge in [-0.3, -0.25) is 4.98 Å². The molecule has 0 spiro atoms. The number of hydrogen-bond donors (Lipinski definition) is 0. The maximum Gasteiger partial charge on any atom is 0.419 e. The van der Waals surface area contributed by atoms with Gasteiger partial charge in [0.25, 0.3) is 0 Å². The van der Waals surface area contributed by atoms with Gasteiger partial charge in [-0.25, -0.2) is 0 Å². The fraction of sp³-hybridized carbons (Fsp3) is 0.143. The summed E-state index contributed by atoms with van der Waals surface area (Å²) in [4.78, 5) is 3.81. The number of aromatic nitrogens is 1. The summed E-state index contributed by atoms with van der Waals surface area (Å²) in [5.41, 5.74) is -0.0937. The zero-order valence-corrected chi connectivity index (χ0v) is 10.2. The molecule has 0 aliphatic rings. The molecule has 6 heteroatoms. The van der Waals surface area contributed by atoms with Crippen LogP contribution in [-0.4, -0.2) is 4.98 Å². The largest absolute Gasteiger partial charge is 0.488 e. The summed E-state index contributed by atoms with van der Waals surface area (Å²) in [6.45, 7) is -0.0273. The summed E-state index contributed by atoms with van der Waals surface area (Å²) >= 11 is 0. The van der Waals surface area contributed by atoms with E-state index in [0.717, 1.165) is 18.2 Å². The summed E-state index contributed by atoms with van der Waals surface area (Å²) in [5.74, 6) is -0.353. The highest BCUT2D eigenvalue weighted by molar-refractivity contribution is 5.44. The maximum absolute atomic E-state index is 12.8. The minimum Gasteiger partial charge on any atom is -0.488 e. The molecule has 2 aromatic rings. The van der Waals surface area contributed by atoms with Crippen LogP contribution in [0.4, 0.5) is 13.2 Å². The van der Waals surface area contributed by atoms with Crippen molar-refractivity contribution in [2.24, 2.45) is 0 Å². The van der Waals surface area contributed by atoms with Crippen LogP contribution >= 0.6 is 0 Å². The number of rotatable bonds is 3. The van der Waals surface area contributed by atoms with Crippen molar-refractivity contribution in [2.75, 3.05) is 0 Å². The third kappa shape index (κ3) is 3.26. The lowest BCUT2D eigenvalue weighted by Crippen LogP contribution is -2.09. The maximum atomic E-state index is 12.8. The molecule has 102 valence electrons. The van der Waals surface area contributed by atoms with E-state index < -0.39 is 11.7 Å². The highest BCUT2D eigenvalue weighted by atomic mass is 19.4. The molecule has 0 aliphatic heterocycles. The van der Waals surface area contributed by atoms with E-state index in [1.165, 1.54) is 12.4 Å². The van der Waals surface area contributed by atoms with Gasteiger partial charge in [0.1, 0.15) is 12.4 Å².